The van der Waals surface area contributed by atoms with Crippen LogP contribution in [0.4, 0.5) is 5.69 Å². The van der Waals surface area contributed by atoms with E-state index < -0.39 is 5.60 Å². The third-order valence-corrected chi connectivity index (χ3v) is 3.85. The highest BCUT2D eigenvalue weighted by Gasteiger charge is 2.33. The van der Waals surface area contributed by atoms with Crippen molar-refractivity contribution in [3.05, 3.63) is 24.3 Å². The van der Waals surface area contributed by atoms with Gasteiger partial charge in [-0.15, -0.1) is 0 Å². The van der Waals surface area contributed by atoms with Gasteiger partial charge in [-0.3, -0.25) is 4.79 Å². The van der Waals surface area contributed by atoms with Gasteiger partial charge in [-0.1, -0.05) is 33.1 Å². The zero-order chi connectivity index (χ0) is 18.0. The molecule has 24 heavy (non-hydrogen) atoms. The molecule has 4 nitrogen and oxygen atoms in total. The second-order valence-corrected chi connectivity index (χ2v) is 6.68. The first-order valence-electron chi connectivity index (χ1n) is 9.13. The van der Waals surface area contributed by atoms with Crippen LogP contribution in [-0.2, 0) is 9.53 Å². The Kier molecular flexibility index (Phi) is 8.83. The summed E-state index contributed by atoms with van der Waals surface area (Å²) in [6, 6.07) is 7.47. The summed E-state index contributed by atoms with van der Waals surface area (Å²) in [6.45, 7) is 10.7. The number of unbranched alkanes of at least 4 members (excludes halogenated alkanes) is 2. The van der Waals surface area contributed by atoms with Crippen LogP contribution >= 0.6 is 0 Å². The van der Waals surface area contributed by atoms with Crippen LogP contribution in [0.25, 0.3) is 0 Å². The fourth-order valence-corrected chi connectivity index (χ4v) is 2.44. The molecule has 0 aliphatic rings. The van der Waals surface area contributed by atoms with Crippen LogP contribution < -0.4 is 10.1 Å². The molecule has 1 rings (SSSR count). The first-order valence-corrected chi connectivity index (χ1v) is 9.13. The molecule has 1 N–H and O–H groups in total. The number of hydrogen-bond donors (Lipinski definition) is 1. The lowest BCUT2D eigenvalue weighted by atomic mass is 9.96. The van der Waals surface area contributed by atoms with Crippen LogP contribution in [0.5, 0.6) is 5.75 Å². The van der Waals surface area contributed by atoms with Crippen LogP contribution in [0.3, 0.4) is 0 Å². The van der Waals surface area contributed by atoms with Gasteiger partial charge in [0.25, 0.3) is 5.91 Å². The quantitative estimate of drug-likeness (QED) is 0.567. The van der Waals surface area contributed by atoms with E-state index in [1.54, 1.807) is 0 Å². The Morgan fingerprint density at radius 1 is 1.12 bits per heavy atom. The van der Waals surface area contributed by atoms with Gasteiger partial charge < -0.3 is 14.8 Å². The van der Waals surface area contributed by atoms with Crippen LogP contribution in [0, 0.1) is 0 Å². The summed E-state index contributed by atoms with van der Waals surface area (Å²) in [4.78, 5) is 12.7. The van der Waals surface area contributed by atoms with E-state index in [9.17, 15) is 4.79 Å². The van der Waals surface area contributed by atoms with E-state index in [1.807, 2.05) is 45.0 Å². The molecule has 0 spiro atoms. The number of benzene rings is 1. The summed E-state index contributed by atoms with van der Waals surface area (Å²) in [5.41, 5.74) is -0.0175. The van der Waals surface area contributed by atoms with Crippen molar-refractivity contribution < 1.29 is 14.3 Å². The Labute approximate surface area is 146 Å². The topological polar surface area (TPSA) is 47.6 Å². The van der Waals surface area contributed by atoms with Crippen molar-refractivity contribution in [3.63, 3.8) is 0 Å². The highest BCUT2D eigenvalue weighted by molar-refractivity contribution is 5.97. The molecule has 0 bridgehead atoms. The maximum atomic E-state index is 12.7. The van der Waals surface area contributed by atoms with Gasteiger partial charge in [0.05, 0.1) is 6.10 Å². The summed E-state index contributed by atoms with van der Waals surface area (Å²) < 4.78 is 11.5. The molecule has 0 aliphatic carbocycles. The van der Waals surface area contributed by atoms with Gasteiger partial charge in [0.2, 0.25) is 0 Å². The number of anilines is 1. The number of hydrogen-bond acceptors (Lipinski definition) is 3. The first kappa shape index (κ1) is 20.5. The molecule has 0 radical (unpaired) electrons. The number of nitrogens with one attached hydrogen (secondary N) is 1. The molecule has 0 aromatic heterocycles. The lowest BCUT2D eigenvalue weighted by Gasteiger charge is -2.28. The van der Waals surface area contributed by atoms with Crippen molar-refractivity contribution in [1.82, 2.24) is 0 Å². The number of rotatable bonds is 11. The highest BCUT2D eigenvalue weighted by Crippen LogP contribution is 2.24. The zero-order valence-corrected chi connectivity index (χ0v) is 15.9. The molecular weight excluding hydrogens is 302 g/mol. The summed E-state index contributed by atoms with van der Waals surface area (Å²) in [5.74, 6) is 0.723. The van der Waals surface area contributed by atoms with Gasteiger partial charge in [-0.2, -0.15) is 0 Å². The molecular formula is C20H33NO3. The van der Waals surface area contributed by atoms with Gasteiger partial charge in [-0.25, -0.2) is 0 Å². The fourth-order valence-electron chi connectivity index (χ4n) is 2.44. The van der Waals surface area contributed by atoms with Crippen molar-refractivity contribution in [1.29, 1.82) is 0 Å². The van der Waals surface area contributed by atoms with Crippen molar-refractivity contribution in [2.75, 3.05) is 11.9 Å². The number of ether oxygens (including phenoxy) is 2. The monoisotopic (exact) mass is 335 g/mol. The lowest BCUT2D eigenvalue weighted by Crippen LogP contribution is -2.43. The molecule has 0 unspecified atom stereocenters. The normalized spacial score (nSPS) is 13.6. The van der Waals surface area contributed by atoms with E-state index in [0.29, 0.717) is 6.61 Å². The van der Waals surface area contributed by atoms with Crippen molar-refractivity contribution in [2.24, 2.45) is 0 Å². The predicted molar refractivity (Wildman–Crippen MR) is 99.6 cm³/mol. The average Bonchev–Trinajstić information content (AvgIpc) is 2.54. The molecule has 136 valence electrons. The van der Waals surface area contributed by atoms with Gasteiger partial charge in [-0.05, 0) is 57.9 Å². The minimum Gasteiger partial charge on any atom is -0.491 e. The minimum atomic E-state index is -0.779. The van der Waals surface area contributed by atoms with Gasteiger partial charge >= 0.3 is 0 Å². The van der Waals surface area contributed by atoms with Crippen LogP contribution in [0.15, 0.2) is 24.3 Å². The Morgan fingerprint density at radius 3 is 2.33 bits per heavy atom. The Balaban J connectivity index is 2.71. The van der Waals surface area contributed by atoms with E-state index in [1.165, 1.54) is 0 Å². The lowest BCUT2D eigenvalue weighted by molar-refractivity contribution is -0.140. The minimum absolute atomic E-state index is 0.0791. The van der Waals surface area contributed by atoms with E-state index in [2.05, 4.69) is 19.2 Å². The number of amides is 1. The third-order valence-electron chi connectivity index (χ3n) is 3.85. The molecule has 1 aromatic carbocycles. The highest BCUT2D eigenvalue weighted by atomic mass is 16.5. The molecule has 0 saturated heterocycles. The van der Waals surface area contributed by atoms with Crippen LogP contribution in [0.2, 0.25) is 0 Å². The van der Waals surface area contributed by atoms with Gasteiger partial charge in [0, 0.05) is 12.3 Å². The molecule has 0 fully saturated rings. The Hall–Kier alpha value is -1.55. The Morgan fingerprint density at radius 2 is 1.79 bits per heavy atom. The SMILES string of the molecule is CCCCC[C@@](C)(OCCC)C(=O)Nc1ccc(OC(C)C)cc1. The number of carbonyl (C=O) groups excluding carboxylic acids is 1. The molecule has 1 aromatic rings. The molecule has 0 saturated carbocycles. The average molecular weight is 335 g/mol. The van der Waals surface area contributed by atoms with Crippen LogP contribution in [0.1, 0.15) is 66.7 Å². The largest absolute Gasteiger partial charge is 0.491 e. The molecule has 0 aliphatic heterocycles. The maximum Gasteiger partial charge on any atom is 0.256 e. The predicted octanol–water partition coefficient (Wildman–Crippen LogP) is 5.18. The molecule has 1 atom stereocenters. The van der Waals surface area contributed by atoms with E-state index in [0.717, 1.165) is 43.5 Å². The second kappa shape index (κ2) is 10.3. The zero-order valence-electron chi connectivity index (χ0n) is 15.9. The molecule has 1 amide bonds. The standard InChI is InChI=1S/C20H33NO3/c1-6-8-9-14-20(5,23-15-7-2)19(22)21-17-10-12-18(13-11-17)24-16(3)4/h10-13,16H,6-9,14-15H2,1-5H3,(H,21,22)/t20-/m1/s1. The van der Waals surface area contributed by atoms with E-state index in [-0.39, 0.29) is 12.0 Å². The Bertz CT molecular complexity index is 484. The third kappa shape index (κ3) is 6.91. The fraction of sp³-hybridized carbons (Fsp3) is 0.650. The van der Waals surface area contributed by atoms with Crippen molar-refractivity contribution in [3.8, 4) is 5.75 Å². The van der Waals surface area contributed by atoms with Crippen LogP contribution in [-0.4, -0.2) is 24.2 Å². The summed E-state index contributed by atoms with van der Waals surface area (Å²) >= 11 is 0. The maximum absolute atomic E-state index is 12.7. The summed E-state index contributed by atoms with van der Waals surface area (Å²) in [7, 11) is 0. The van der Waals surface area contributed by atoms with Gasteiger partial charge in [0.15, 0.2) is 0 Å². The van der Waals surface area contributed by atoms with Gasteiger partial charge in [0.1, 0.15) is 11.4 Å². The van der Waals surface area contributed by atoms with E-state index in [4.69, 9.17) is 9.47 Å². The summed E-state index contributed by atoms with van der Waals surface area (Å²) in [5, 5.41) is 2.98. The number of carbonyl (C=O) groups is 1. The van der Waals surface area contributed by atoms with Crippen molar-refractivity contribution in [2.45, 2.75) is 78.4 Å². The molecule has 4 heteroatoms. The van der Waals surface area contributed by atoms with Crippen molar-refractivity contribution >= 4 is 11.6 Å². The second-order valence-electron chi connectivity index (χ2n) is 6.68. The molecule has 0 heterocycles. The first-order chi connectivity index (χ1) is 11.4. The smallest absolute Gasteiger partial charge is 0.256 e. The summed E-state index contributed by atoms with van der Waals surface area (Å²) in [6.07, 6.45) is 5.00. The van der Waals surface area contributed by atoms with E-state index >= 15 is 0 Å².